The molecule has 0 amide bonds. The van der Waals surface area contributed by atoms with Crippen molar-refractivity contribution < 1.29 is 34.8 Å². The Morgan fingerprint density at radius 2 is 1.50 bits per heavy atom. The number of carbonyl (C=O) groups excluding carboxylic acids is 2. The van der Waals surface area contributed by atoms with E-state index in [1.807, 2.05) is 0 Å². The van der Waals surface area contributed by atoms with Crippen LogP contribution in [0.2, 0.25) is 0 Å². The van der Waals surface area contributed by atoms with Crippen LogP contribution in [0.15, 0.2) is 60.7 Å². The van der Waals surface area contributed by atoms with E-state index < -0.39 is 48.1 Å². The lowest BCUT2D eigenvalue weighted by Gasteiger charge is -2.45. The fraction of sp³-hybridized carbons (Fsp3) is 0.364. The summed E-state index contributed by atoms with van der Waals surface area (Å²) in [5.41, 5.74) is 1.82. The summed E-state index contributed by atoms with van der Waals surface area (Å²) in [7, 11) is 0. The zero-order valence-corrected chi connectivity index (χ0v) is 16.6. The largest absolute Gasteiger partial charge is 0.459 e. The maximum Gasteiger partial charge on any atom is 0.337 e. The average Bonchev–Trinajstić information content (AvgIpc) is 2.76. The molecular formula is C22H27NO7. The van der Waals surface area contributed by atoms with E-state index in [0.29, 0.717) is 11.1 Å². The number of esters is 1. The van der Waals surface area contributed by atoms with Crippen LogP contribution in [0.4, 0.5) is 0 Å². The van der Waals surface area contributed by atoms with E-state index >= 15 is 0 Å². The Morgan fingerprint density at radius 1 is 1.00 bits per heavy atom. The molecule has 2 rings (SSSR count). The van der Waals surface area contributed by atoms with E-state index in [1.165, 1.54) is 0 Å². The second-order valence-corrected chi connectivity index (χ2v) is 7.21. The quantitative estimate of drug-likeness (QED) is 0.261. The minimum Gasteiger partial charge on any atom is -0.459 e. The molecule has 0 bridgehead atoms. The van der Waals surface area contributed by atoms with Crippen molar-refractivity contribution in [3.05, 3.63) is 71.8 Å². The highest BCUT2D eigenvalue weighted by Crippen LogP contribution is 2.32. The van der Waals surface area contributed by atoms with Gasteiger partial charge in [-0.15, -0.1) is 0 Å². The predicted molar refractivity (Wildman–Crippen MR) is 108 cm³/mol. The highest BCUT2D eigenvalue weighted by molar-refractivity contribution is 6.09. The van der Waals surface area contributed by atoms with Crippen molar-refractivity contribution in [2.24, 2.45) is 5.73 Å². The maximum atomic E-state index is 12.9. The van der Waals surface area contributed by atoms with E-state index in [-0.39, 0.29) is 6.61 Å². The third-order valence-electron chi connectivity index (χ3n) is 5.13. The van der Waals surface area contributed by atoms with Gasteiger partial charge < -0.3 is 30.9 Å². The average molecular weight is 417 g/mol. The Bertz CT molecular complexity index is 845. The molecular weight excluding hydrogens is 390 g/mol. The zero-order chi connectivity index (χ0) is 22.4. The Balaban J connectivity index is 2.45. The molecule has 0 saturated carbocycles. The number of Topliss-reactive ketones (excluding diaryl/α,β-unsaturated/α-hetero) is 1. The van der Waals surface area contributed by atoms with Crippen molar-refractivity contribution in [3.63, 3.8) is 0 Å². The summed E-state index contributed by atoms with van der Waals surface area (Å²) in [6.07, 6.45) is -4.44. The van der Waals surface area contributed by atoms with Crippen molar-refractivity contribution in [2.75, 3.05) is 6.61 Å². The molecule has 0 saturated heterocycles. The molecule has 0 aromatic heterocycles. The number of hydrogen-bond acceptors (Lipinski definition) is 8. The molecule has 0 heterocycles. The molecule has 0 aliphatic heterocycles. The molecule has 30 heavy (non-hydrogen) atoms. The number of ketones is 1. The van der Waals surface area contributed by atoms with Gasteiger partial charge in [0.1, 0.15) is 24.4 Å². The molecule has 0 aliphatic rings. The molecule has 6 N–H and O–H groups in total. The fourth-order valence-electron chi connectivity index (χ4n) is 3.26. The Hall–Kier alpha value is -2.62. The predicted octanol–water partition coefficient (Wildman–Crippen LogP) is -0.296. The van der Waals surface area contributed by atoms with Gasteiger partial charge in [0.05, 0.1) is 6.61 Å². The normalized spacial score (nSPS) is 17.3. The third kappa shape index (κ3) is 4.75. The van der Waals surface area contributed by atoms with Crippen LogP contribution in [0, 0.1) is 0 Å². The number of ether oxygens (including phenoxy) is 1. The van der Waals surface area contributed by atoms with Crippen LogP contribution in [0.5, 0.6) is 0 Å². The van der Waals surface area contributed by atoms with Gasteiger partial charge in [-0.05, 0) is 18.1 Å². The summed E-state index contributed by atoms with van der Waals surface area (Å²) in [6, 6.07) is 16.9. The van der Waals surface area contributed by atoms with E-state index in [4.69, 9.17) is 10.5 Å². The van der Waals surface area contributed by atoms with Gasteiger partial charge >= 0.3 is 5.97 Å². The summed E-state index contributed by atoms with van der Waals surface area (Å²) in [6.45, 7) is -0.158. The molecule has 0 unspecified atom stereocenters. The van der Waals surface area contributed by atoms with Crippen LogP contribution in [-0.4, -0.2) is 62.1 Å². The maximum absolute atomic E-state index is 12.9. The minimum atomic E-state index is -2.72. The number of hydrogen-bond donors (Lipinski definition) is 5. The van der Waals surface area contributed by atoms with Gasteiger partial charge in [0, 0.05) is 6.42 Å². The van der Waals surface area contributed by atoms with Gasteiger partial charge in [-0.1, -0.05) is 60.7 Å². The first-order chi connectivity index (χ1) is 14.2. The SMILES string of the molecule is CC(=O)[C@@](N)(C(=O)OCc1ccccc1)[C@](O)(Cc1ccccc1)[C@H](O)[C@H](O)CO. The molecule has 0 fully saturated rings. The number of benzene rings is 2. The van der Waals surface area contributed by atoms with Gasteiger partial charge in [-0.25, -0.2) is 4.79 Å². The molecule has 8 nitrogen and oxygen atoms in total. The second kappa shape index (κ2) is 9.92. The standard InChI is InChI=1S/C22H27NO7/c1-15(25)22(23,20(28)30-14-17-10-6-3-7-11-17)21(29,19(27)18(26)13-24)12-16-8-4-2-5-9-16/h2-11,18-19,24,26-27,29H,12-14,23H2,1H3/t18-,19-,21+,22-/m1/s1. The number of nitrogens with two attached hydrogens (primary N) is 1. The first-order valence-corrected chi connectivity index (χ1v) is 9.41. The van der Waals surface area contributed by atoms with Gasteiger partial charge in [0.25, 0.3) is 0 Å². The summed E-state index contributed by atoms with van der Waals surface area (Å²) >= 11 is 0. The first-order valence-electron chi connectivity index (χ1n) is 9.41. The van der Waals surface area contributed by atoms with Crippen molar-refractivity contribution in [3.8, 4) is 0 Å². The second-order valence-electron chi connectivity index (χ2n) is 7.21. The van der Waals surface area contributed by atoms with Gasteiger partial charge in [0.15, 0.2) is 5.78 Å². The third-order valence-corrected chi connectivity index (χ3v) is 5.13. The lowest BCUT2D eigenvalue weighted by atomic mass is 9.69. The van der Waals surface area contributed by atoms with E-state index in [1.54, 1.807) is 60.7 Å². The molecule has 2 aromatic carbocycles. The smallest absolute Gasteiger partial charge is 0.337 e. The van der Waals surface area contributed by atoms with Crippen LogP contribution in [0.25, 0.3) is 0 Å². The topological polar surface area (TPSA) is 150 Å². The van der Waals surface area contributed by atoms with Crippen molar-refractivity contribution in [2.45, 2.75) is 43.3 Å². The summed E-state index contributed by atoms with van der Waals surface area (Å²) < 4.78 is 5.20. The minimum absolute atomic E-state index is 0.216. The van der Waals surface area contributed by atoms with Crippen LogP contribution < -0.4 is 5.73 Å². The molecule has 162 valence electrons. The number of aliphatic hydroxyl groups excluding tert-OH is 3. The zero-order valence-electron chi connectivity index (χ0n) is 16.6. The summed E-state index contributed by atoms with van der Waals surface area (Å²) in [5, 5.41) is 41.3. The Morgan fingerprint density at radius 3 is 1.97 bits per heavy atom. The molecule has 0 spiro atoms. The van der Waals surface area contributed by atoms with Crippen LogP contribution >= 0.6 is 0 Å². The molecule has 2 aromatic rings. The van der Waals surface area contributed by atoms with Crippen molar-refractivity contribution >= 4 is 11.8 Å². The molecule has 8 heteroatoms. The highest BCUT2D eigenvalue weighted by atomic mass is 16.5. The first kappa shape index (κ1) is 23.7. The summed E-state index contributed by atoms with van der Waals surface area (Å²) in [4.78, 5) is 25.5. The number of carbonyl (C=O) groups is 2. The number of aliphatic hydroxyl groups is 4. The van der Waals surface area contributed by atoms with Gasteiger partial charge in [0.2, 0.25) is 5.54 Å². The lowest BCUT2D eigenvalue weighted by molar-refractivity contribution is -0.193. The fourth-order valence-corrected chi connectivity index (χ4v) is 3.26. The molecule has 0 radical (unpaired) electrons. The van der Waals surface area contributed by atoms with Crippen LogP contribution in [0.1, 0.15) is 18.1 Å². The van der Waals surface area contributed by atoms with Crippen molar-refractivity contribution in [1.29, 1.82) is 0 Å². The van der Waals surface area contributed by atoms with Gasteiger partial charge in [-0.3, -0.25) is 4.79 Å². The Kier molecular flexibility index (Phi) is 7.83. The van der Waals surface area contributed by atoms with E-state index in [9.17, 15) is 30.0 Å². The van der Waals surface area contributed by atoms with Crippen LogP contribution in [0.3, 0.4) is 0 Å². The summed E-state index contributed by atoms with van der Waals surface area (Å²) in [5.74, 6) is -2.23. The molecule has 4 atom stereocenters. The molecule has 0 aliphatic carbocycles. The monoisotopic (exact) mass is 417 g/mol. The Labute approximate surface area is 174 Å². The van der Waals surface area contributed by atoms with Crippen molar-refractivity contribution in [1.82, 2.24) is 0 Å². The van der Waals surface area contributed by atoms with E-state index in [0.717, 1.165) is 6.92 Å². The van der Waals surface area contributed by atoms with Crippen LogP contribution in [-0.2, 0) is 27.4 Å². The van der Waals surface area contributed by atoms with Gasteiger partial charge in [-0.2, -0.15) is 0 Å². The highest BCUT2D eigenvalue weighted by Gasteiger charge is 2.62. The lowest BCUT2D eigenvalue weighted by Crippen LogP contribution is -2.76. The van der Waals surface area contributed by atoms with E-state index in [2.05, 4.69) is 0 Å². The number of rotatable bonds is 10.